The Morgan fingerprint density at radius 1 is 1.29 bits per heavy atom. The molecule has 0 unspecified atom stereocenters. The minimum atomic E-state index is -0.559. The van der Waals surface area contributed by atoms with Gasteiger partial charge in [-0.3, -0.25) is 14.5 Å². The first-order valence-electron chi connectivity index (χ1n) is 9.16. The van der Waals surface area contributed by atoms with Crippen LogP contribution in [0.1, 0.15) is 30.0 Å². The van der Waals surface area contributed by atoms with E-state index in [0.29, 0.717) is 27.4 Å². The Balaban J connectivity index is 1.86. The standard InChI is InChI=1S/C19H17ClN10O/c1-9(25-16-11(7-21)15(22)27-19(23)28-16)17-26-13-4-2-3-12(20)14(13)18(31)30(17)8-10-5-6-24-29-10/h2-6,9H,8H2,1H3,(H,24,29)(H5,22,23,25,27,28)/t9-/m0/s1. The monoisotopic (exact) mass is 436 g/mol. The lowest BCUT2D eigenvalue weighted by atomic mass is 10.2. The van der Waals surface area contributed by atoms with Crippen LogP contribution in [0.2, 0.25) is 5.02 Å². The Kier molecular flexibility index (Phi) is 5.14. The summed E-state index contributed by atoms with van der Waals surface area (Å²) in [5.41, 5.74) is 12.3. The van der Waals surface area contributed by atoms with Gasteiger partial charge in [0.15, 0.2) is 5.82 Å². The van der Waals surface area contributed by atoms with Gasteiger partial charge in [-0.05, 0) is 25.1 Å². The van der Waals surface area contributed by atoms with Crippen molar-refractivity contribution in [1.82, 2.24) is 29.7 Å². The average Bonchev–Trinajstić information content (AvgIpc) is 3.22. The number of nitriles is 1. The van der Waals surface area contributed by atoms with Gasteiger partial charge >= 0.3 is 0 Å². The number of benzene rings is 1. The molecule has 0 amide bonds. The van der Waals surface area contributed by atoms with E-state index < -0.39 is 6.04 Å². The largest absolute Gasteiger partial charge is 0.382 e. The Labute approximate surface area is 180 Å². The first kappa shape index (κ1) is 20.1. The molecule has 3 aromatic heterocycles. The summed E-state index contributed by atoms with van der Waals surface area (Å²) in [7, 11) is 0. The lowest BCUT2D eigenvalue weighted by Gasteiger charge is -2.20. The Hall–Kier alpha value is -4.17. The lowest BCUT2D eigenvalue weighted by Crippen LogP contribution is -2.29. The van der Waals surface area contributed by atoms with Gasteiger partial charge in [0.2, 0.25) is 5.95 Å². The molecule has 0 aliphatic rings. The molecule has 4 rings (SSSR count). The Bertz CT molecular complexity index is 1370. The molecule has 156 valence electrons. The third-order valence-corrected chi connectivity index (χ3v) is 4.96. The number of fused-ring (bicyclic) bond motifs is 1. The number of anilines is 3. The molecular weight excluding hydrogens is 420 g/mol. The maximum absolute atomic E-state index is 13.3. The SMILES string of the molecule is C[C@H](Nc1nc(N)nc(N)c1C#N)c1nc2cccc(Cl)c2c(=O)n1Cc1cc[nH]n1. The highest BCUT2D eigenvalue weighted by Crippen LogP contribution is 2.25. The highest BCUT2D eigenvalue weighted by Gasteiger charge is 2.21. The number of nitrogens with one attached hydrogen (secondary N) is 2. The molecule has 0 saturated heterocycles. The van der Waals surface area contributed by atoms with Crippen molar-refractivity contribution >= 4 is 40.1 Å². The van der Waals surface area contributed by atoms with E-state index in [4.69, 9.17) is 23.1 Å². The summed E-state index contributed by atoms with van der Waals surface area (Å²) >= 11 is 6.28. The van der Waals surface area contributed by atoms with E-state index in [0.717, 1.165) is 0 Å². The molecule has 31 heavy (non-hydrogen) atoms. The second-order valence-electron chi connectivity index (χ2n) is 6.73. The van der Waals surface area contributed by atoms with E-state index in [2.05, 4.69) is 30.5 Å². The number of nitrogen functional groups attached to an aromatic ring is 2. The quantitative estimate of drug-likeness (QED) is 0.363. The maximum atomic E-state index is 13.3. The molecule has 0 bridgehead atoms. The second kappa shape index (κ2) is 7.92. The summed E-state index contributed by atoms with van der Waals surface area (Å²) in [5, 5.41) is 20.0. The molecule has 1 aromatic carbocycles. The van der Waals surface area contributed by atoms with Crippen LogP contribution in [0, 0.1) is 11.3 Å². The fourth-order valence-corrected chi connectivity index (χ4v) is 3.50. The van der Waals surface area contributed by atoms with Gasteiger partial charge < -0.3 is 16.8 Å². The van der Waals surface area contributed by atoms with Crippen LogP contribution in [-0.2, 0) is 6.54 Å². The number of nitrogens with two attached hydrogens (primary N) is 2. The van der Waals surface area contributed by atoms with Crippen LogP contribution in [0.15, 0.2) is 35.3 Å². The third-order valence-electron chi connectivity index (χ3n) is 4.65. The van der Waals surface area contributed by atoms with Crippen LogP contribution in [0.3, 0.4) is 0 Å². The molecule has 0 aliphatic heterocycles. The zero-order chi connectivity index (χ0) is 22.1. The van der Waals surface area contributed by atoms with Gasteiger partial charge in [-0.25, -0.2) is 4.98 Å². The molecule has 4 aromatic rings. The van der Waals surface area contributed by atoms with Crippen molar-refractivity contribution in [3.63, 3.8) is 0 Å². The number of rotatable bonds is 5. The molecule has 12 heteroatoms. The Morgan fingerprint density at radius 3 is 2.81 bits per heavy atom. The van der Waals surface area contributed by atoms with Crippen LogP contribution in [-0.4, -0.2) is 29.7 Å². The molecule has 11 nitrogen and oxygen atoms in total. The van der Waals surface area contributed by atoms with Gasteiger partial charge in [0.1, 0.15) is 23.3 Å². The number of aromatic nitrogens is 6. The van der Waals surface area contributed by atoms with E-state index in [1.807, 2.05) is 6.07 Å². The summed E-state index contributed by atoms with van der Waals surface area (Å²) in [6.45, 7) is 1.94. The molecule has 0 spiro atoms. The highest BCUT2D eigenvalue weighted by molar-refractivity contribution is 6.35. The minimum absolute atomic E-state index is 0.0446. The molecule has 0 fully saturated rings. The summed E-state index contributed by atoms with van der Waals surface area (Å²) in [5.74, 6) is 0.407. The predicted octanol–water partition coefficient (Wildman–Crippen LogP) is 1.82. The first-order valence-corrected chi connectivity index (χ1v) is 9.54. The zero-order valence-electron chi connectivity index (χ0n) is 16.3. The van der Waals surface area contributed by atoms with Gasteiger partial charge in [0.05, 0.1) is 34.2 Å². The molecule has 3 heterocycles. The number of halogens is 1. The number of nitrogens with zero attached hydrogens (tertiary/aromatic N) is 6. The number of hydrogen-bond donors (Lipinski definition) is 4. The molecule has 0 radical (unpaired) electrons. The van der Waals surface area contributed by atoms with Crippen LogP contribution in [0.25, 0.3) is 10.9 Å². The molecule has 0 saturated carbocycles. The van der Waals surface area contributed by atoms with Crippen molar-refractivity contribution in [3.8, 4) is 6.07 Å². The third kappa shape index (κ3) is 3.72. The van der Waals surface area contributed by atoms with Crippen LogP contribution < -0.4 is 22.3 Å². The molecular formula is C19H17ClN10O. The van der Waals surface area contributed by atoms with Gasteiger partial charge in [0, 0.05) is 6.20 Å². The first-order chi connectivity index (χ1) is 14.9. The number of hydrogen-bond acceptors (Lipinski definition) is 9. The van der Waals surface area contributed by atoms with Crippen molar-refractivity contribution in [2.75, 3.05) is 16.8 Å². The number of aromatic amines is 1. The molecule has 0 aliphatic carbocycles. The minimum Gasteiger partial charge on any atom is -0.382 e. The van der Waals surface area contributed by atoms with Crippen molar-refractivity contribution in [2.45, 2.75) is 19.5 Å². The van der Waals surface area contributed by atoms with Crippen molar-refractivity contribution in [1.29, 1.82) is 5.26 Å². The van der Waals surface area contributed by atoms with Gasteiger partial charge in [-0.15, -0.1) is 0 Å². The fourth-order valence-electron chi connectivity index (χ4n) is 3.25. The maximum Gasteiger partial charge on any atom is 0.263 e. The fraction of sp³-hybridized carbons (Fsp3) is 0.158. The van der Waals surface area contributed by atoms with E-state index in [-0.39, 0.29) is 35.3 Å². The van der Waals surface area contributed by atoms with Crippen molar-refractivity contribution in [2.24, 2.45) is 0 Å². The van der Waals surface area contributed by atoms with Crippen molar-refractivity contribution in [3.05, 3.63) is 62.9 Å². The van der Waals surface area contributed by atoms with Crippen LogP contribution in [0.5, 0.6) is 0 Å². The summed E-state index contributed by atoms with van der Waals surface area (Å²) in [6.07, 6.45) is 1.66. The smallest absolute Gasteiger partial charge is 0.263 e. The summed E-state index contributed by atoms with van der Waals surface area (Å²) in [6, 6.07) is 8.22. The lowest BCUT2D eigenvalue weighted by molar-refractivity contribution is 0.630. The normalized spacial score (nSPS) is 11.9. The Morgan fingerprint density at radius 2 is 2.10 bits per heavy atom. The predicted molar refractivity (Wildman–Crippen MR) is 116 cm³/mol. The highest BCUT2D eigenvalue weighted by atomic mass is 35.5. The van der Waals surface area contributed by atoms with Gasteiger partial charge in [-0.2, -0.15) is 20.3 Å². The zero-order valence-corrected chi connectivity index (χ0v) is 17.1. The van der Waals surface area contributed by atoms with E-state index in [1.54, 1.807) is 37.4 Å². The van der Waals surface area contributed by atoms with E-state index in [1.165, 1.54) is 4.57 Å². The topological polar surface area (TPSA) is 177 Å². The van der Waals surface area contributed by atoms with E-state index in [9.17, 15) is 10.1 Å². The van der Waals surface area contributed by atoms with Crippen molar-refractivity contribution < 1.29 is 0 Å². The second-order valence-corrected chi connectivity index (χ2v) is 7.14. The van der Waals surface area contributed by atoms with Gasteiger partial charge in [-0.1, -0.05) is 17.7 Å². The van der Waals surface area contributed by atoms with Crippen LogP contribution in [0.4, 0.5) is 17.6 Å². The summed E-state index contributed by atoms with van der Waals surface area (Å²) < 4.78 is 1.47. The number of H-pyrrole nitrogens is 1. The van der Waals surface area contributed by atoms with E-state index >= 15 is 0 Å². The summed E-state index contributed by atoms with van der Waals surface area (Å²) in [4.78, 5) is 25.9. The average molecular weight is 437 g/mol. The van der Waals surface area contributed by atoms with Crippen LogP contribution >= 0.6 is 11.6 Å². The molecule has 6 N–H and O–H groups in total. The van der Waals surface area contributed by atoms with Gasteiger partial charge in [0.25, 0.3) is 5.56 Å². The molecule has 1 atom stereocenters.